The molecule has 0 saturated carbocycles. The summed E-state index contributed by atoms with van der Waals surface area (Å²) in [4.78, 5) is 16.6. The first-order valence-electron chi connectivity index (χ1n) is 4.97. The van der Waals surface area contributed by atoms with E-state index < -0.39 is 6.09 Å². The van der Waals surface area contributed by atoms with Crippen molar-refractivity contribution in [1.82, 2.24) is 19.5 Å². The van der Waals surface area contributed by atoms with Crippen molar-refractivity contribution in [3.05, 3.63) is 29.2 Å². The number of fused-ring (bicyclic) bond motifs is 3. The average Bonchev–Trinajstić information content (AvgIpc) is 2.75. The summed E-state index contributed by atoms with van der Waals surface area (Å²) in [5, 5.41) is 13.2. The highest BCUT2D eigenvalue weighted by Crippen LogP contribution is 2.24. The van der Waals surface area contributed by atoms with E-state index in [1.807, 2.05) is 19.2 Å². The first kappa shape index (κ1) is 9.14. The molecule has 1 aliphatic rings. The van der Waals surface area contributed by atoms with Gasteiger partial charge >= 0.3 is 6.09 Å². The molecule has 0 spiro atoms. The molecule has 1 N–H and O–H groups in total. The molecule has 0 fully saturated rings. The lowest BCUT2D eigenvalue weighted by Gasteiger charge is -2.09. The van der Waals surface area contributed by atoms with Gasteiger partial charge in [-0.3, -0.25) is 4.90 Å². The number of amides is 1. The van der Waals surface area contributed by atoms with E-state index in [0.717, 1.165) is 22.6 Å². The summed E-state index contributed by atoms with van der Waals surface area (Å²) in [6.45, 7) is 2.64. The minimum atomic E-state index is -0.913. The van der Waals surface area contributed by atoms with E-state index in [1.165, 1.54) is 4.90 Å². The van der Waals surface area contributed by atoms with Gasteiger partial charge in [0.25, 0.3) is 0 Å². The molecular formula is C10H10N4O2. The molecule has 82 valence electrons. The maximum absolute atomic E-state index is 10.8. The van der Waals surface area contributed by atoms with Gasteiger partial charge in [0.05, 0.1) is 18.8 Å². The van der Waals surface area contributed by atoms with Gasteiger partial charge < -0.3 is 5.11 Å². The molecule has 0 radical (unpaired) electrons. The van der Waals surface area contributed by atoms with Gasteiger partial charge in [0.1, 0.15) is 0 Å². The van der Waals surface area contributed by atoms with Crippen LogP contribution in [-0.2, 0) is 13.1 Å². The number of nitrogens with zero attached hydrogens (tertiary/aromatic N) is 4. The molecule has 0 aliphatic carbocycles. The standard InChI is InChI=1S/C10H10N4O2/c1-6-2-3-14-9(11-6)7-4-13(10(15)16)5-8(7)12-14/h2-3H,4-5H2,1H3,(H,15,16). The Morgan fingerprint density at radius 2 is 2.31 bits per heavy atom. The summed E-state index contributed by atoms with van der Waals surface area (Å²) in [6.07, 6.45) is 0.935. The molecule has 0 unspecified atom stereocenters. The van der Waals surface area contributed by atoms with Crippen molar-refractivity contribution >= 4 is 11.7 Å². The third-order valence-electron chi connectivity index (χ3n) is 2.76. The summed E-state index contributed by atoms with van der Waals surface area (Å²) in [5.41, 5.74) is 3.40. The van der Waals surface area contributed by atoms with Crippen molar-refractivity contribution in [2.24, 2.45) is 0 Å². The predicted molar refractivity (Wildman–Crippen MR) is 55.0 cm³/mol. The second kappa shape index (κ2) is 2.94. The zero-order valence-electron chi connectivity index (χ0n) is 8.71. The van der Waals surface area contributed by atoms with Gasteiger partial charge in [0, 0.05) is 17.5 Å². The van der Waals surface area contributed by atoms with Crippen LogP contribution in [-0.4, -0.2) is 30.7 Å². The lowest BCUT2D eigenvalue weighted by Crippen LogP contribution is -2.23. The molecule has 0 bridgehead atoms. The third-order valence-corrected chi connectivity index (χ3v) is 2.76. The van der Waals surface area contributed by atoms with Crippen molar-refractivity contribution in [1.29, 1.82) is 0 Å². The van der Waals surface area contributed by atoms with E-state index in [4.69, 9.17) is 5.11 Å². The van der Waals surface area contributed by atoms with Gasteiger partial charge in [-0.25, -0.2) is 14.3 Å². The van der Waals surface area contributed by atoms with E-state index >= 15 is 0 Å². The Labute approximate surface area is 91.1 Å². The number of aromatic nitrogens is 3. The summed E-state index contributed by atoms with van der Waals surface area (Å²) in [6, 6.07) is 1.88. The van der Waals surface area contributed by atoms with Gasteiger partial charge in [-0.2, -0.15) is 5.10 Å². The molecule has 3 rings (SSSR count). The molecule has 2 aromatic rings. The summed E-state index contributed by atoms with van der Waals surface area (Å²) < 4.78 is 1.71. The van der Waals surface area contributed by atoms with Gasteiger partial charge in [-0.1, -0.05) is 0 Å². The molecule has 16 heavy (non-hydrogen) atoms. The molecule has 0 aromatic carbocycles. The number of hydrogen-bond acceptors (Lipinski definition) is 3. The zero-order valence-corrected chi connectivity index (χ0v) is 8.71. The lowest BCUT2D eigenvalue weighted by atomic mass is 10.3. The van der Waals surface area contributed by atoms with E-state index in [-0.39, 0.29) is 0 Å². The quantitative estimate of drug-likeness (QED) is 0.717. The van der Waals surface area contributed by atoms with Crippen LogP contribution in [0.3, 0.4) is 0 Å². The fourth-order valence-corrected chi connectivity index (χ4v) is 1.96. The number of rotatable bonds is 0. The molecular weight excluding hydrogens is 208 g/mol. The Morgan fingerprint density at radius 1 is 1.50 bits per heavy atom. The highest BCUT2D eigenvalue weighted by molar-refractivity contribution is 5.67. The van der Waals surface area contributed by atoms with E-state index in [2.05, 4.69) is 10.1 Å². The van der Waals surface area contributed by atoms with Crippen LogP contribution in [0.15, 0.2) is 12.3 Å². The first-order chi connectivity index (χ1) is 7.65. The van der Waals surface area contributed by atoms with Crippen molar-refractivity contribution in [2.45, 2.75) is 20.0 Å². The maximum atomic E-state index is 10.8. The Hall–Kier alpha value is -2.11. The molecule has 6 heteroatoms. The molecule has 0 saturated heterocycles. The maximum Gasteiger partial charge on any atom is 0.407 e. The fraction of sp³-hybridized carbons (Fsp3) is 0.300. The second-order valence-electron chi connectivity index (χ2n) is 3.90. The Bertz CT molecular complexity index is 590. The molecule has 0 atom stereocenters. The number of carboxylic acid groups (broad SMARTS) is 1. The fourth-order valence-electron chi connectivity index (χ4n) is 1.96. The van der Waals surface area contributed by atoms with Crippen LogP contribution in [0.4, 0.5) is 4.79 Å². The molecule has 3 heterocycles. The van der Waals surface area contributed by atoms with E-state index in [9.17, 15) is 4.79 Å². The minimum absolute atomic E-state index is 0.354. The van der Waals surface area contributed by atoms with Crippen LogP contribution in [0.2, 0.25) is 0 Å². The number of carbonyl (C=O) groups is 1. The van der Waals surface area contributed by atoms with Crippen LogP contribution in [0.25, 0.3) is 5.65 Å². The Balaban J connectivity index is 2.13. The van der Waals surface area contributed by atoms with Crippen LogP contribution < -0.4 is 0 Å². The number of hydrogen-bond donors (Lipinski definition) is 1. The predicted octanol–water partition coefficient (Wildman–Crippen LogP) is 1.03. The average molecular weight is 218 g/mol. The third kappa shape index (κ3) is 1.16. The SMILES string of the molecule is Cc1ccn2nc3c(c2n1)CN(C(=O)O)C3. The van der Waals surface area contributed by atoms with Gasteiger partial charge in [-0.05, 0) is 13.0 Å². The van der Waals surface area contributed by atoms with Crippen LogP contribution in [0.5, 0.6) is 0 Å². The van der Waals surface area contributed by atoms with Crippen LogP contribution >= 0.6 is 0 Å². The Morgan fingerprint density at radius 3 is 3.06 bits per heavy atom. The molecule has 2 aromatic heterocycles. The van der Waals surface area contributed by atoms with Crippen LogP contribution in [0, 0.1) is 6.92 Å². The highest BCUT2D eigenvalue weighted by Gasteiger charge is 2.28. The van der Waals surface area contributed by atoms with Crippen molar-refractivity contribution in [2.75, 3.05) is 0 Å². The van der Waals surface area contributed by atoms with Crippen molar-refractivity contribution in [3.63, 3.8) is 0 Å². The highest BCUT2D eigenvalue weighted by atomic mass is 16.4. The number of aryl methyl sites for hydroxylation is 1. The normalized spacial score (nSPS) is 14.4. The molecule has 6 nitrogen and oxygen atoms in total. The summed E-state index contributed by atoms with van der Waals surface area (Å²) in [7, 11) is 0. The lowest BCUT2D eigenvalue weighted by molar-refractivity contribution is 0.144. The second-order valence-corrected chi connectivity index (χ2v) is 3.90. The zero-order chi connectivity index (χ0) is 11.3. The molecule has 1 aliphatic heterocycles. The van der Waals surface area contributed by atoms with Crippen molar-refractivity contribution < 1.29 is 9.90 Å². The minimum Gasteiger partial charge on any atom is -0.465 e. The largest absolute Gasteiger partial charge is 0.465 e. The van der Waals surface area contributed by atoms with E-state index in [1.54, 1.807) is 4.52 Å². The summed E-state index contributed by atoms with van der Waals surface area (Å²) in [5.74, 6) is 0. The van der Waals surface area contributed by atoms with Gasteiger partial charge in [-0.15, -0.1) is 0 Å². The molecule has 1 amide bonds. The smallest absolute Gasteiger partial charge is 0.407 e. The van der Waals surface area contributed by atoms with Gasteiger partial charge in [0.2, 0.25) is 0 Å². The Kier molecular flexibility index (Phi) is 1.68. The monoisotopic (exact) mass is 218 g/mol. The first-order valence-corrected chi connectivity index (χ1v) is 4.97. The van der Waals surface area contributed by atoms with E-state index in [0.29, 0.717) is 13.1 Å². The topological polar surface area (TPSA) is 70.7 Å². The van der Waals surface area contributed by atoms with Crippen LogP contribution in [0.1, 0.15) is 17.0 Å². The van der Waals surface area contributed by atoms with Gasteiger partial charge in [0.15, 0.2) is 5.65 Å². The summed E-state index contributed by atoms with van der Waals surface area (Å²) >= 11 is 0. The van der Waals surface area contributed by atoms with Crippen molar-refractivity contribution in [3.8, 4) is 0 Å².